The normalized spacial score (nSPS) is 10.5. The molecule has 0 atom stereocenters. The molecule has 0 aliphatic heterocycles. The summed E-state index contributed by atoms with van der Waals surface area (Å²) in [4.78, 5) is 34.0. The highest BCUT2D eigenvalue weighted by Crippen LogP contribution is 2.29. The number of carbonyl (C=O) groups is 2. The highest BCUT2D eigenvalue weighted by molar-refractivity contribution is 5.96. The van der Waals surface area contributed by atoms with Gasteiger partial charge in [-0.25, -0.2) is 0 Å². The van der Waals surface area contributed by atoms with Gasteiger partial charge in [-0.15, -0.1) is 0 Å². The molecule has 10 heteroatoms. The molecule has 0 saturated carbocycles. The van der Waals surface area contributed by atoms with Gasteiger partial charge < -0.3 is 10.6 Å². The highest BCUT2D eigenvalue weighted by atomic mass is 19.4. The van der Waals surface area contributed by atoms with E-state index in [9.17, 15) is 32.9 Å². The Kier molecular flexibility index (Phi) is 7.14. The van der Waals surface area contributed by atoms with Gasteiger partial charge >= 0.3 is 6.18 Å². The molecular formula is C20H16F3N3O4. The number of nitro benzene ring substituents is 1. The number of nitrogens with one attached hydrogen (secondary N) is 2. The molecule has 0 radical (unpaired) electrons. The summed E-state index contributed by atoms with van der Waals surface area (Å²) in [5.41, 5.74) is -0.315. The zero-order valence-electron chi connectivity index (χ0n) is 15.7. The van der Waals surface area contributed by atoms with Crippen molar-refractivity contribution in [1.29, 1.82) is 0 Å². The molecule has 0 aliphatic carbocycles. The van der Waals surface area contributed by atoms with E-state index in [1.807, 2.05) is 0 Å². The van der Waals surface area contributed by atoms with Crippen LogP contribution in [-0.2, 0) is 11.0 Å². The fourth-order valence-electron chi connectivity index (χ4n) is 2.39. The smallest absolute Gasteiger partial charge is 0.344 e. The van der Waals surface area contributed by atoms with E-state index in [-0.39, 0.29) is 29.9 Å². The minimum atomic E-state index is -4.47. The SMILES string of the molecule is Cc1cc(C(=O)NCC(=O)NCC#Cc2cccc(C(F)(F)F)c2)ccc1[N+](=O)[O-]. The van der Waals surface area contributed by atoms with Crippen LogP contribution >= 0.6 is 0 Å². The summed E-state index contributed by atoms with van der Waals surface area (Å²) < 4.78 is 37.9. The number of amides is 2. The van der Waals surface area contributed by atoms with E-state index in [2.05, 4.69) is 22.5 Å². The summed E-state index contributed by atoms with van der Waals surface area (Å²) in [7, 11) is 0. The Morgan fingerprint density at radius 2 is 1.87 bits per heavy atom. The number of nitro groups is 1. The Morgan fingerprint density at radius 1 is 1.13 bits per heavy atom. The number of nitrogens with zero attached hydrogens (tertiary/aromatic N) is 1. The van der Waals surface area contributed by atoms with Crippen molar-refractivity contribution in [1.82, 2.24) is 10.6 Å². The van der Waals surface area contributed by atoms with Gasteiger partial charge in [0.15, 0.2) is 0 Å². The maximum Gasteiger partial charge on any atom is 0.416 e. The van der Waals surface area contributed by atoms with E-state index in [4.69, 9.17) is 0 Å². The molecule has 0 heterocycles. The van der Waals surface area contributed by atoms with E-state index < -0.39 is 28.5 Å². The van der Waals surface area contributed by atoms with Crippen molar-refractivity contribution >= 4 is 17.5 Å². The first-order valence-corrected chi connectivity index (χ1v) is 8.54. The second kappa shape index (κ2) is 9.56. The number of halogens is 3. The van der Waals surface area contributed by atoms with Gasteiger partial charge in [0, 0.05) is 22.8 Å². The second-order valence-corrected chi connectivity index (χ2v) is 6.10. The van der Waals surface area contributed by atoms with Crippen molar-refractivity contribution in [3.8, 4) is 11.8 Å². The lowest BCUT2D eigenvalue weighted by molar-refractivity contribution is -0.385. The third-order valence-electron chi connectivity index (χ3n) is 3.86. The molecule has 0 spiro atoms. The summed E-state index contributed by atoms with van der Waals surface area (Å²) in [6.07, 6.45) is -4.47. The van der Waals surface area contributed by atoms with Crippen molar-refractivity contribution in [2.45, 2.75) is 13.1 Å². The number of aryl methyl sites for hydroxylation is 1. The molecule has 156 valence electrons. The lowest BCUT2D eigenvalue weighted by Gasteiger charge is -2.06. The van der Waals surface area contributed by atoms with Crippen LogP contribution in [0.1, 0.15) is 27.0 Å². The Labute approximate surface area is 169 Å². The van der Waals surface area contributed by atoms with Crippen molar-refractivity contribution in [2.24, 2.45) is 0 Å². The molecule has 2 rings (SSSR count). The number of benzene rings is 2. The van der Waals surface area contributed by atoms with Crippen molar-refractivity contribution < 1.29 is 27.7 Å². The quantitative estimate of drug-likeness (QED) is 0.442. The first-order valence-electron chi connectivity index (χ1n) is 8.54. The predicted octanol–water partition coefficient (Wildman–Crippen LogP) is 2.82. The minimum Gasteiger partial charge on any atom is -0.344 e. The minimum absolute atomic E-state index is 0.122. The average molecular weight is 419 g/mol. The highest BCUT2D eigenvalue weighted by Gasteiger charge is 2.30. The van der Waals surface area contributed by atoms with Crippen molar-refractivity contribution in [3.63, 3.8) is 0 Å². The molecule has 7 nitrogen and oxygen atoms in total. The standard InChI is InChI=1S/C20H16F3N3O4/c1-13-10-15(7-8-17(13)26(29)30)19(28)25-12-18(27)24-9-3-5-14-4-2-6-16(11-14)20(21,22)23/h2,4,6-8,10-11H,9,12H2,1H3,(H,24,27)(H,25,28). The molecule has 2 aromatic rings. The first kappa shape index (κ1) is 22.4. The summed E-state index contributed by atoms with van der Waals surface area (Å²) >= 11 is 0. The van der Waals surface area contributed by atoms with Crippen LogP contribution in [0.2, 0.25) is 0 Å². The lowest BCUT2D eigenvalue weighted by Crippen LogP contribution is -2.37. The van der Waals surface area contributed by atoms with Gasteiger partial charge in [-0.3, -0.25) is 19.7 Å². The Morgan fingerprint density at radius 3 is 2.50 bits per heavy atom. The molecule has 0 bridgehead atoms. The molecule has 30 heavy (non-hydrogen) atoms. The van der Waals surface area contributed by atoms with Gasteiger partial charge in [0.1, 0.15) is 0 Å². The van der Waals surface area contributed by atoms with Gasteiger partial charge in [-0.2, -0.15) is 13.2 Å². The number of hydrogen-bond donors (Lipinski definition) is 2. The third kappa shape index (κ3) is 6.34. The van der Waals surface area contributed by atoms with Gasteiger partial charge in [0.25, 0.3) is 11.6 Å². The monoisotopic (exact) mass is 419 g/mol. The van der Waals surface area contributed by atoms with Crippen LogP contribution in [0, 0.1) is 28.9 Å². The molecular weight excluding hydrogens is 403 g/mol. The molecule has 0 fully saturated rings. The Bertz CT molecular complexity index is 1040. The average Bonchev–Trinajstić information content (AvgIpc) is 2.68. The second-order valence-electron chi connectivity index (χ2n) is 6.10. The lowest BCUT2D eigenvalue weighted by atomic mass is 10.1. The number of carbonyl (C=O) groups excluding carboxylic acids is 2. The Balaban J connectivity index is 1.84. The van der Waals surface area contributed by atoms with E-state index in [1.54, 1.807) is 0 Å². The van der Waals surface area contributed by atoms with Crippen LogP contribution in [0.5, 0.6) is 0 Å². The largest absolute Gasteiger partial charge is 0.416 e. The fourth-order valence-corrected chi connectivity index (χ4v) is 2.39. The zero-order chi connectivity index (χ0) is 22.3. The van der Waals surface area contributed by atoms with Gasteiger partial charge in [-0.05, 0) is 37.3 Å². The molecule has 0 unspecified atom stereocenters. The van der Waals surface area contributed by atoms with Crippen LogP contribution in [0.25, 0.3) is 0 Å². The van der Waals surface area contributed by atoms with Crippen LogP contribution in [-0.4, -0.2) is 29.8 Å². The van der Waals surface area contributed by atoms with E-state index in [0.29, 0.717) is 5.56 Å². The van der Waals surface area contributed by atoms with Crippen LogP contribution in [0.15, 0.2) is 42.5 Å². The number of rotatable bonds is 5. The Hall–Kier alpha value is -3.87. The van der Waals surface area contributed by atoms with Gasteiger partial charge in [0.2, 0.25) is 5.91 Å². The first-order chi connectivity index (χ1) is 14.1. The third-order valence-corrected chi connectivity index (χ3v) is 3.86. The number of alkyl halides is 3. The van der Waals surface area contributed by atoms with Crippen LogP contribution in [0.4, 0.5) is 18.9 Å². The van der Waals surface area contributed by atoms with E-state index >= 15 is 0 Å². The molecule has 2 amide bonds. The topological polar surface area (TPSA) is 101 Å². The van der Waals surface area contributed by atoms with E-state index in [1.165, 1.54) is 37.3 Å². The fraction of sp³-hybridized carbons (Fsp3) is 0.200. The van der Waals surface area contributed by atoms with Crippen LogP contribution < -0.4 is 10.6 Å². The summed E-state index contributed by atoms with van der Waals surface area (Å²) in [5.74, 6) is 3.91. The van der Waals surface area contributed by atoms with Crippen LogP contribution in [0.3, 0.4) is 0 Å². The van der Waals surface area contributed by atoms with Crippen molar-refractivity contribution in [3.05, 3.63) is 74.8 Å². The summed E-state index contributed by atoms with van der Waals surface area (Å²) in [6.45, 7) is 1.01. The molecule has 0 aromatic heterocycles. The van der Waals surface area contributed by atoms with E-state index in [0.717, 1.165) is 12.1 Å². The molecule has 0 aliphatic rings. The van der Waals surface area contributed by atoms with Gasteiger partial charge in [-0.1, -0.05) is 17.9 Å². The molecule has 2 aromatic carbocycles. The summed E-state index contributed by atoms with van der Waals surface area (Å²) in [6, 6.07) is 8.30. The van der Waals surface area contributed by atoms with Crippen molar-refractivity contribution in [2.75, 3.05) is 13.1 Å². The van der Waals surface area contributed by atoms with Gasteiger partial charge in [0.05, 0.1) is 23.6 Å². The summed E-state index contributed by atoms with van der Waals surface area (Å²) in [5, 5.41) is 15.5. The maximum atomic E-state index is 12.6. The molecule has 2 N–H and O–H groups in total. The number of hydrogen-bond acceptors (Lipinski definition) is 4. The maximum absolute atomic E-state index is 12.6. The zero-order valence-corrected chi connectivity index (χ0v) is 15.7. The molecule has 0 saturated heterocycles. The predicted molar refractivity (Wildman–Crippen MR) is 101 cm³/mol.